The Bertz CT molecular complexity index is 1360. The van der Waals surface area contributed by atoms with E-state index in [1.54, 1.807) is 31.1 Å². The van der Waals surface area contributed by atoms with Crippen LogP contribution in [0.15, 0.2) is 59.3 Å². The predicted octanol–water partition coefficient (Wildman–Crippen LogP) is 3.03. The summed E-state index contributed by atoms with van der Waals surface area (Å²) >= 11 is 0. The van der Waals surface area contributed by atoms with Gasteiger partial charge in [-0.2, -0.15) is 13.2 Å². The number of rotatable bonds is 6. The molecule has 12 heteroatoms. The van der Waals surface area contributed by atoms with E-state index in [1.165, 1.54) is 6.08 Å². The van der Waals surface area contributed by atoms with E-state index in [4.69, 9.17) is 4.74 Å². The van der Waals surface area contributed by atoms with Crippen LogP contribution in [0.4, 0.5) is 13.2 Å². The lowest BCUT2D eigenvalue weighted by atomic mass is 9.71. The normalized spacial score (nSPS) is 29.3. The van der Waals surface area contributed by atoms with Gasteiger partial charge in [0, 0.05) is 23.9 Å². The molecule has 0 spiro atoms. The maximum Gasteiger partial charge on any atom is 0.417 e. The van der Waals surface area contributed by atoms with Gasteiger partial charge >= 0.3 is 6.18 Å². The largest absolute Gasteiger partial charge is 0.497 e. The number of aliphatic hydroxyl groups is 1. The number of methoxy groups -OCH3 is 1. The molecule has 0 bridgehead atoms. The molecule has 4 atom stereocenters. The van der Waals surface area contributed by atoms with Crippen LogP contribution in [0, 0.1) is 5.92 Å². The van der Waals surface area contributed by atoms with Crippen LogP contribution < -0.4 is 9.46 Å². The molecule has 1 saturated heterocycles. The van der Waals surface area contributed by atoms with E-state index in [1.807, 2.05) is 12.1 Å². The molecule has 1 aromatic heterocycles. The van der Waals surface area contributed by atoms with Crippen LogP contribution in [0.2, 0.25) is 0 Å². The molecule has 0 unspecified atom stereocenters. The lowest BCUT2D eigenvalue weighted by Crippen LogP contribution is -2.55. The molecule has 5 rings (SSSR count). The van der Waals surface area contributed by atoms with Crippen molar-refractivity contribution >= 4 is 15.9 Å². The fourth-order valence-electron chi connectivity index (χ4n) is 5.90. The third-order valence-electron chi connectivity index (χ3n) is 7.57. The van der Waals surface area contributed by atoms with Crippen molar-refractivity contribution in [2.24, 2.45) is 5.92 Å². The third kappa shape index (κ3) is 4.30. The first-order valence-electron chi connectivity index (χ1n) is 11.7. The number of alkyl halides is 3. The standard InChI is InChI=1S/C25H26F3N3O5S/c1-23(30-37(34,35)21-10-6-17(13-29-21)25(26,27)28)11-16-5-9-20-24(16,33)19(12-23)22(32)31(20)14-15-3-7-18(36-2)8-4-15/h3-4,6-8,10,12-13,16,20,30,33H,5,9,11,14H2,1-2H3/t16-,20-,23-,24+/m1/s1. The SMILES string of the molecule is COc1ccc(CN2C(=O)C3=C[C@](C)(NS(=O)(=O)c4ccc(C(F)(F)F)cn4)C[C@H]4CC[C@@H]2[C@@]34O)cc1. The second-order valence-electron chi connectivity index (χ2n) is 10.1. The highest BCUT2D eigenvalue weighted by Gasteiger charge is 2.65. The van der Waals surface area contributed by atoms with Gasteiger partial charge in [0.15, 0.2) is 5.03 Å². The Kier molecular flexibility index (Phi) is 5.92. The maximum absolute atomic E-state index is 13.5. The lowest BCUT2D eigenvalue weighted by Gasteiger charge is -2.41. The Balaban J connectivity index is 1.43. The summed E-state index contributed by atoms with van der Waals surface area (Å²) in [5.74, 6) is -0.0700. The number of pyridine rings is 1. The van der Waals surface area contributed by atoms with Gasteiger partial charge in [-0.15, -0.1) is 0 Å². The minimum Gasteiger partial charge on any atom is -0.497 e. The Hall–Kier alpha value is -2.96. The van der Waals surface area contributed by atoms with Gasteiger partial charge in [0.1, 0.15) is 11.4 Å². The number of nitrogens with one attached hydrogen (secondary N) is 1. The first kappa shape index (κ1) is 25.7. The summed E-state index contributed by atoms with van der Waals surface area (Å²) in [6.45, 7) is 1.87. The summed E-state index contributed by atoms with van der Waals surface area (Å²) in [7, 11) is -2.77. The number of halogens is 3. The highest BCUT2D eigenvalue weighted by atomic mass is 32.2. The van der Waals surface area contributed by atoms with E-state index in [-0.39, 0.29) is 30.4 Å². The highest BCUT2D eigenvalue weighted by Crippen LogP contribution is 2.55. The van der Waals surface area contributed by atoms with E-state index >= 15 is 0 Å². The fraction of sp³-hybridized carbons (Fsp3) is 0.440. The molecular formula is C25H26F3N3O5S. The van der Waals surface area contributed by atoms with Crippen molar-refractivity contribution in [3.05, 3.63) is 65.4 Å². The zero-order valence-corrected chi connectivity index (χ0v) is 20.9. The molecule has 2 fully saturated rings. The number of sulfonamides is 1. The number of hydrogen-bond acceptors (Lipinski definition) is 6. The molecule has 37 heavy (non-hydrogen) atoms. The first-order chi connectivity index (χ1) is 17.3. The number of carbonyl (C=O) groups excluding carboxylic acids is 1. The van der Waals surface area contributed by atoms with Crippen molar-refractivity contribution in [3.63, 3.8) is 0 Å². The molecule has 0 radical (unpaired) electrons. The fourth-order valence-corrected chi connectivity index (χ4v) is 7.20. The van der Waals surface area contributed by atoms with Gasteiger partial charge in [-0.1, -0.05) is 18.2 Å². The number of carbonyl (C=O) groups is 1. The average molecular weight is 538 g/mol. The molecule has 8 nitrogen and oxygen atoms in total. The summed E-state index contributed by atoms with van der Waals surface area (Å²) < 4.78 is 72.3. The average Bonchev–Trinajstić information content (AvgIpc) is 3.26. The number of benzene rings is 1. The van der Waals surface area contributed by atoms with E-state index in [0.717, 1.165) is 11.6 Å². The van der Waals surface area contributed by atoms with Crippen LogP contribution in [0.3, 0.4) is 0 Å². The van der Waals surface area contributed by atoms with Crippen LogP contribution >= 0.6 is 0 Å². The van der Waals surface area contributed by atoms with E-state index in [0.29, 0.717) is 30.9 Å². The molecule has 2 heterocycles. The van der Waals surface area contributed by atoms with Crippen LogP contribution in [0.5, 0.6) is 5.75 Å². The molecule has 198 valence electrons. The van der Waals surface area contributed by atoms with Crippen molar-refractivity contribution in [1.82, 2.24) is 14.6 Å². The molecule has 2 N–H and O–H groups in total. The zero-order chi connectivity index (χ0) is 26.8. The summed E-state index contributed by atoms with van der Waals surface area (Å²) in [4.78, 5) is 18.6. The zero-order valence-electron chi connectivity index (χ0n) is 20.1. The number of likely N-dealkylation sites (tertiary alicyclic amines) is 1. The second kappa shape index (κ2) is 8.53. The van der Waals surface area contributed by atoms with Crippen molar-refractivity contribution in [3.8, 4) is 5.75 Å². The van der Waals surface area contributed by atoms with Gasteiger partial charge in [0.05, 0.1) is 18.7 Å². The molecule has 1 amide bonds. The number of ether oxygens (including phenoxy) is 1. The molecule has 2 aromatic rings. The molecule has 3 aliphatic rings. The summed E-state index contributed by atoms with van der Waals surface area (Å²) in [5, 5.41) is 11.2. The Morgan fingerprint density at radius 1 is 1.19 bits per heavy atom. The minimum absolute atomic E-state index is 0.144. The first-order valence-corrected chi connectivity index (χ1v) is 13.2. The van der Waals surface area contributed by atoms with Crippen molar-refractivity contribution < 1.29 is 36.2 Å². The van der Waals surface area contributed by atoms with E-state index in [2.05, 4.69) is 9.71 Å². The predicted molar refractivity (Wildman–Crippen MR) is 126 cm³/mol. The Morgan fingerprint density at radius 2 is 1.89 bits per heavy atom. The minimum atomic E-state index is -4.65. The molecule has 1 aromatic carbocycles. The summed E-state index contributed by atoms with van der Waals surface area (Å²) in [6.07, 6.45) is -1.36. The molecule has 1 aliphatic heterocycles. The van der Waals surface area contributed by atoms with Crippen molar-refractivity contribution in [2.45, 2.75) is 61.1 Å². The molecule has 2 aliphatic carbocycles. The smallest absolute Gasteiger partial charge is 0.417 e. The van der Waals surface area contributed by atoms with Gasteiger partial charge in [-0.05, 0) is 61.9 Å². The van der Waals surface area contributed by atoms with Gasteiger partial charge in [0.2, 0.25) is 0 Å². The van der Waals surface area contributed by atoms with Gasteiger partial charge in [0.25, 0.3) is 15.9 Å². The topological polar surface area (TPSA) is 109 Å². The van der Waals surface area contributed by atoms with Crippen molar-refractivity contribution in [1.29, 1.82) is 0 Å². The quantitative estimate of drug-likeness (QED) is 0.587. The monoisotopic (exact) mass is 537 g/mol. The van der Waals surface area contributed by atoms with Gasteiger partial charge in [-0.25, -0.2) is 18.1 Å². The maximum atomic E-state index is 13.5. The summed E-state index contributed by atoms with van der Waals surface area (Å²) in [6, 6.07) is 8.27. The Morgan fingerprint density at radius 3 is 2.49 bits per heavy atom. The second-order valence-corrected chi connectivity index (χ2v) is 11.7. The van der Waals surface area contributed by atoms with Crippen molar-refractivity contribution in [2.75, 3.05) is 7.11 Å². The number of aromatic nitrogens is 1. The van der Waals surface area contributed by atoms with Gasteiger partial charge < -0.3 is 14.7 Å². The Labute approximate surface area is 212 Å². The van der Waals surface area contributed by atoms with Gasteiger partial charge in [-0.3, -0.25) is 4.79 Å². The summed E-state index contributed by atoms with van der Waals surface area (Å²) in [5.41, 5.74) is -2.72. The van der Waals surface area contributed by atoms with E-state index < -0.39 is 44.0 Å². The number of hydrogen-bond donors (Lipinski definition) is 2. The lowest BCUT2D eigenvalue weighted by molar-refractivity contribution is -0.137. The highest BCUT2D eigenvalue weighted by molar-refractivity contribution is 7.89. The molecule has 1 saturated carbocycles. The molecular weight excluding hydrogens is 511 g/mol. The van der Waals surface area contributed by atoms with Crippen LogP contribution in [-0.2, 0) is 27.5 Å². The van der Waals surface area contributed by atoms with Crippen LogP contribution in [-0.4, -0.2) is 53.6 Å². The number of amides is 1. The van der Waals surface area contributed by atoms with E-state index in [9.17, 15) is 31.5 Å². The third-order valence-corrected chi connectivity index (χ3v) is 9.10. The number of nitrogens with zero attached hydrogens (tertiary/aromatic N) is 2. The van der Waals surface area contributed by atoms with Crippen LogP contribution in [0.1, 0.15) is 37.3 Å². The van der Waals surface area contributed by atoms with Crippen LogP contribution in [0.25, 0.3) is 0 Å².